The Hall–Kier alpha value is -1.76. The van der Waals surface area contributed by atoms with Gasteiger partial charge in [-0.05, 0) is 36.6 Å². The van der Waals surface area contributed by atoms with Crippen molar-refractivity contribution in [3.8, 4) is 0 Å². The maximum atomic E-state index is 12.8. The third kappa shape index (κ3) is 3.29. The summed E-state index contributed by atoms with van der Waals surface area (Å²) in [5.74, 6) is 0.825. The van der Waals surface area contributed by atoms with Crippen LogP contribution in [0.25, 0.3) is 0 Å². The number of halogens is 4. The van der Waals surface area contributed by atoms with E-state index in [1.807, 2.05) is 0 Å². The molecule has 0 spiro atoms. The lowest BCUT2D eigenvalue weighted by molar-refractivity contribution is -0.141. The van der Waals surface area contributed by atoms with E-state index in [0.29, 0.717) is 12.3 Å². The summed E-state index contributed by atoms with van der Waals surface area (Å²) in [4.78, 5) is 8.94. The van der Waals surface area contributed by atoms with Crippen molar-refractivity contribution in [2.45, 2.75) is 31.6 Å². The smallest absolute Gasteiger partial charge is 0.433 e. The number of hydrogen-bond acceptors (Lipinski definition) is 4. The van der Waals surface area contributed by atoms with Crippen molar-refractivity contribution in [1.82, 2.24) is 9.97 Å². The van der Waals surface area contributed by atoms with Gasteiger partial charge in [0, 0.05) is 12.1 Å². The average Bonchev–Trinajstić information content (AvgIpc) is 3.11. The molecule has 4 nitrogen and oxygen atoms in total. The van der Waals surface area contributed by atoms with Crippen molar-refractivity contribution in [3.05, 3.63) is 41.2 Å². The topological polar surface area (TPSA) is 42.2 Å². The lowest BCUT2D eigenvalue weighted by Gasteiger charge is -2.23. The molecule has 8 heteroatoms. The van der Waals surface area contributed by atoms with E-state index in [0.717, 1.165) is 18.9 Å². The van der Waals surface area contributed by atoms with Crippen LogP contribution in [0.4, 0.5) is 19.0 Å². The summed E-state index contributed by atoms with van der Waals surface area (Å²) in [5, 5.41) is -0.412. The van der Waals surface area contributed by atoms with Gasteiger partial charge in [0.1, 0.15) is 11.6 Å². The number of nitrogens with zero attached hydrogens (tertiary/aromatic N) is 3. The molecule has 0 aromatic carbocycles. The van der Waals surface area contributed by atoms with E-state index in [9.17, 15) is 13.2 Å². The molecule has 0 N–H and O–H groups in total. The van der Waals surface area contributed by atoms with Crippen molar-refractivity contribution in [2.75, 3.05) is 4.90 Å². The van der Waals surface area contributed by atoms with E-state index in [-0.39, 0.29) is 11.9 Å². The zero-order valence-electron chi connectivity index (χ0n) is 10.8. The van der Waals surface area contributed by atoms with E-state index in [1.165, 1.54) is 6.26 Å². The third-order valence-corrected chi connectivity index (χ3v) is 3.33. The number of hydrogen-bond donors (Lipinski definition) is 0. The number of rotatable bonds is 4. The standard InChI is InChI=1S/C13H11ClF3N3O/c14-12-18-10(13(15,16)17)6-11(19-12)20(8-3-4-8)7-9-2-1-5-21-9/h1-2,5-6,8H,3-4,7H2. The molecule has 2 heterocycles. The molecule has 21 heavy (non-hydrogen) atoms. The van der Waals surface area contributed by atoms with Gasteiger partial charge in [-0.25, -0.2) is 9.97 Å². The quantitative estimate of drug-likeness (QED) is 0.802. The maximum absolute atomic E-state index is 12.8. The third-order valence-electron chi connectivity index (χ3n) is 3.16. The first-order chi connectivity index (χ1) is 9.93. The molecule has 0 saturated heterocycles. The van der Waals surface area contributed by atoms with Crippen molar-refractivity contribution in [3.63, 3.8) is 0 Å². The Morgan fingerprint density at radius 3 is 2.67 bits per heavy atom. The molecular formula is C13H11ClF3N3O. The van der Waals surface area contributed by atoms with Gasteiger partial charge in [-0.1, -0.05) is 0 Å². The molecule has 1 aliphatic carbocycles. The number of alkyl halides is 3. The van der Waals surface area contributed by atoms with Gasteiger partial charge < -0.3 is 9.32 Å². The van der Waals surface area contributed by atoms with Gasteiger partial charge in [0.25, 0.3) is 0 Å². The first-order valence-corrected chi connectivity index (χ1v) is 6.72. The van der Waals surface area contributed by atoms with Crippen LogP contribution in [0, 0.1) is 0 Å². The molecule has 0 bridgehead atoms. The second kappa shape index (κ2) is 5.22. The second-order valence-corrected chi connectivity index (χ2v) is 5.15. The zero-order chi connectivity index (χ0) is 15.0. The van der Waals surface area contributed by atoms with Gasteiger partial charge in [0.15, 0.2) is 5.69 Å². The summed E-state index contributed by atoms with van der Waals surface area (Å²) >= 11 is 5.63. The predicted molar refractivity (Wildman–Crippen MR) is 70.0 cm³/mol. The van der Waals surface area contributed by atoms with Crippen LogP contribution in [0.2, 0.25) is 5.28 Å². The van der Waals surface area contributed by atoms with Gasteiger partial charge in [0.2, 0.25) is 5.28 Å². The number of furan rings is 1. The van der Waals surface area contributed by atoms with E-state index >= 15 is 0 Å². The fraction of sp³-hybridized carbons (Fsp3) is 0.385. The highest BCUT2D eigenvalue weighted by Crippen LogP contribution is 2.35. The van der Waals surface area contributed by atoms with Crippen LogP contribution in [0.1, 0.15) is 24.3 Å². The van der Waals surface area contributed by atoms with Crippen molar-refractivity contribution in [1.29, 1.82) is 0 Å². The summed E-state index contributed by atoms with van der Waals surface area (Å²) in [6.45, 7) is 0.350. The molecule has 1 aliphatic rings. The van der Waals surface area contributed by atoms with Crippen LogP contribution in [-0.4, -0.2) is 16.0 Å². The molecule has 0 unspecified atom stereocenters. The van der Waals surface area contributed by atoms with Crippen LogP contribution < -0.4 is 4.90 Å². The van der Waals surface area contributed by atoms with Crippen LogP contribution in [-0.2, 0) is 12.7 Å². The normalized spacial score (nSPS) is 15.2. The van der Waals surface area contributed by atoms with Gasteiger partial charge >= 0.3 is 6.18 Å². The average molecular weight is 318 g/mol. The van der Waals surface area contributed by atoms with Crippen LogP contribution in [0.15, 0.2) is 28.9 Å². The highest BCUT2D eigenvalue weighted by atomic mass is 35.5. The summed E-state index contributed by atoms with van der Waals surface area (Å²) in [7, 11) is 0. The highest BCUT2D eigenvalue weighted by Gasteiger charge is 2.36. The predicted octanol–water partition coefficient (Wildman–Crippen LogP) is 3.91. The Morgan fingerprint density at radius 2 is 2.10 bits per heavy atom. The molecule has 0 aliphatic heterocycles. The Balaban J connectivity index is 1.94. The number of anilines is 1. The Bertz CT molecular complexity index is 626. The monoisotopic (exact) mass is 317 g/mol. The molecule has 0 amide bonds. The molecule has 3 rings (SSSR count). The van der Waals surface area contributed by atoms with E-state index in [1.54, 1.807) is 17.0 Å². The largest absolute Gasteiger partial charge is 0.467 e. The molecule has 1 saturated carbocycles. The van der Waals surface area contributed by atoms with Crippen LogP contribution in [0.5, 0.6) is 0 Å². The minimum absolute atomic E-state index is 0.155. The van der Waals surface area contributed by atoms with Crippen LogP contribution in [0.3, 0.4) is 0 Å². The Morgan fingerprint density at radius 1 is 1.33 bits per heavy atom. The fourth-order valence-electron chi connectivity index (χ4n) is 2.05. The van der Waals surface area contributed by atoms with Gasteiger partial charge in [0.05, 0.1) is 12.8 Å². The minimum Gasteiger partial charge on any atom is -0.467 e. The van der Waals surface area contributed by atoms with Gasteiger partial charge in [-0.2, -0.15) is 13.2 Å². The van der Waals surface area contributed by atoms with Gasteiger partial charge in [-0.15, -0.1) is 0 Å². The van der Waals surface area contributed by atoms with Crippen molar-refractivity contribution >= 4 is 17.4 Å². The molecule has 112 valence electrons. The van der Waals surface area contributed by atoms with Crippen molar-refractivity contribution in [2.24, 2.45) is 0 Å². The lowest BCUT2D eigenvalue weighted by atomic mass is 10.3. The summed E-state index contributed by atoms with van der Waals surface area (Å²) in [6.07, 6.45) is -1.22. The van der Waals surface area contributed by atoms with Crippen LogP contribution >= 0.6 is 11.6 Å². The first-order valence-electron chi connectivity index (χ1n) is 6.34. The first kappa shape index (κ1) is 14.2. The molecule has 2 aromatic rings. The Labute approximate surface area is 123 Å². The molecule has 0 radical (unpaired) electrons. The second-order valence-electron chi connectivity index (χ2n) is 4.82. The van der Waals surface area contributed by atoms with E-state index < -0.39 is 17.2 Å². The van der Waals surface area contributed by atoms with Gasteiger partial charge in [-0.3, -0.25) is 0 Å². The molecule has 2 aromatic heterocycles. The number of aromatic nitrogens is 2. The molecule has 0 atom stereocenters. The van der Waals surface area contributed by atoms with E-state index in [2.05, 4.69) is 9.97 Å². The maximum Gasteiger partial charge on any atom is 0.433 e. The van der Waals surface area contributed by atoms with Crippen molar-refractivity contribution < 1.29 is 17.6 Å². The SMILES string of the molecule is FC(F)(F)c1cc(N(Cc2ccco2)C2CC2)nc(Cl)n1. The summed E-state index contributed by atoms with van der Waals surface area (Å²) < 4.78 is 43.7. The fourth-order valence-corrected chi connectivity index (χ4v) is 2.23. The Kier molecular flexibility index (Phi) is 3.52. The summed E-state index contributed by atoms with van der Waals surface area (Å²) in [6, 6.07) is 4.58. The minimum atomic E-state index is -4.55. The molecular weight excluding hydrogens is 307 g/mol. The van der Waals surface area contributed by atoms with E-state index in [4.69, 9.17) is 16.0 Å². The molecule has 1 fully saturated rings. The highest BCUT2D eigenvalue weighted by molar-refractivity contribution is 6.28. The summed E-state index contributed by atoms with van der Waals surface area (Å²) in [5.41, 5.74) is -1.04. The zero-order valence-corrected chi connectivity index (χ0v) is 11.5. The lowest BCUT2D eigenvalue weighted by Crippen LogP contribution is -2.26.